The molecule has 3 N–H and O–H groups in total. The van der Waals surface area contributed by atoms with Gasteiger partial charge in [-0.05, 0) is 40.5 Å². The van der Waals surface area contributed by atoms with E-state index in [-0.39, 0.29) is 12.5 Å². The molecule has 3 amide bonds. The standard InChI is InChI=1S/C14H19BrN4O4/c1-4-22-11-6-9(7-17-18-14(16)21)5-10(15)13(11)23-8-12(20)19(2)3/h5-7H,4,8H2,1-3H3,(H3,16,18,21)/b17-7-. The van der Waals surface area contributed by atoms with E-state index < -0.39 is 6.03 Å². The van der Waals surface area contributed by atoms with Crippen LogP contribution in [0.5, 0.6) is 11.5 Å². The molecule has 0 heterocycles. The van der Waals surface area contributed by atoms with Crippen molar-refractivity contribution in [3.63, 3.8) is 0 Å². The number of hydrogen-bond donors (Lipinski definition) is 2. The number of hydrogen-bond acceptors (Lipinski definition) is 5. The number of urea groups is 1. The molecule has 126 valence electrons. The van der Waals surface area contributed by atoms with Gasteiger partial charge in [-0.1, -0.05) is 0 Å². The summed E-state index contributed by atoms with van der Waals surface area (Å²) in [5.41, 5.74) is 7.68. The minimum Gasteiger partial charge on any atom is -0.490 e. The number of likely N-dealkylation sites (N-methyl/N-ethyl adjacent to an activating group) is 1. The summed E-state index contributed by atoms with van der Waals surface area (Å²) in [5.74, 6) is 0.701. The molecule has 0 bridgehead atoms. The molecule has 1 aromatic rings. The van der Waals surface area contributed by atoms with Crippen LogP contribution in [0.15, 0.2) is 21.7 Å². The van der Waals surface area contributed by atoms with E-state index in [1.165, 1.54) is 11.1 Å². The van der Waals surface area contributed by atoms with Gasteiger partial charge in [0.05, 0.1) is 17.3 Å². The van der Waals surface area contributed by atoms with Crippen LogP contribution in [0.3, 0.4) is 0 Å². The maximum atomic E-state index is 11.6. The van der Waals surface area contributed by atoms with E-state index in [9.17, 15) is 9.59 Å². The summed E-state index contributed by atoms with van der Waals surface area (Å²) >= 11 is 3.37. The van der Waals surface area contributed by atoms with Crippen molar-refractivity contribution in [2.24, 2.45) is 10.8 Å². The minimum absolute atomic E-state index is 0.109. The molecule has 23 heavy (non-hydrogen) atoms. The molecular weight excluding hydrogens is 368 g/mol. The Bertz CT molecular complexity index is 605. The number of nitrogens with one attached hydrogen (secondary N) is 1. The summed E-state index contributed by atoms with van der Waals surface area (Å²) in [6, 6.07) is 2.63. The number of nitrogens with zero attached hydrogens (tertiary/aromatic N) is 2. The lowest BCUT2D eigenvalue weighted by atomic mass is 10.2. The maximum absolute atomic E-state index is 11.6. The molecule has 0 aromatic heterocycles. The summed E-state index contributed by atoms with van der Waals surface area (Å²) in [7, 11) is 3.30. The molecule has 9 heteroatoms. The van der Waals surface area contributed by atoms with Crippen LogP contribution in [-0.2, 0) is 4.79 Å². The molecule has 0 spiro atoms. The van der Waals surface area contributed by atoms with Crippen LogP contribution in [0.4, 0.5) is 4.79 Å². The number of amides is 3. The minimum atomic E-state index is -0.757. The van der Waals surface area contributed by atoms with E-state index in [4.69, 9.17) is 15.2 Å². The van der Waals surface area contributed by atoms with Crippen LogP contribution in [-0.4, -0.2) is 50.4 Å². The van der Waals surface area contributed by atoms with Gasteiger partial charge in [0.1, 0.15) is 0 Å². The Morgan fingerprint density at radius 2 is 2.09 bits per heavy atom. The SMILES string of the molecule is CCOc1cc(/C=N\NC(N)=O)cc(Br)c1OCC(=O)N(C)C. The summed E-state index contributed by atoms with van der Waals surface area (Å²) in [5, 5.41) is 3.68. The van der Waals surface area contributed by atoms with Crippen molar-refractivity contribution >= 4 is 34.1 Å². The highest BCUT2D eigenvalue weighted by molar-refractivity contribution is 9.10. The van der Waals surface area contributed by atoms with E-state index >= 15 is 0 Å². The molecule has 8 nitrogen and oxygen atoms in total. The zero-order valence-corrected chi connectivity index (χ0v) is 14.7. The molecule has 0 aliphatic rings. The predicted octanol–water partition coefficient (Wildman–Crippen LogP) is 1.32. The largest absolute Gasteiger partial charge is 0.490 e. The zero-order chi connectivity index (χ0) is 17.4. The molecule has 0 aliphatic heterocycles. The Kier molecular flexibility index (Phi) is 7.33. The van der Waals surface area contributed by atoms with Crippen molar-refractivity contribution in [1.82, 2.24) is 10.3 Å². The van der Waals surface area contributed by atoms with Gasteiger partial charge in [-0.25, -0.2) is 10.2 Å². The van der Waals surface area contributed by atoms with Gasteiger partial charge in [-0.3, -0.25) is 4.79 Å². The molecule has 0 saturated heterocycles. The predicted molar refractivity (Wildman–Crippen MR) is 89.8 cm³/mol. The van der Waals surface area contributed by atoms with Crippen LogP contribution >= 0.6 is 15.9 Å². The van der Waals surface area contributed by atoms with Crippen LogP contribution in [0.25, 0.3) is 0 Å². The quantitative estimate of drug-likeness (QED) is 0.544. The summed E-state index contributed by atoms with van der Waals surface area (Å²) < 4.78 is 11.7. The monoisotopic (exact) mass is 386 g/mol. The first-order valence-corrected chi connectivity index (χ1v) is 7.52. The smallest absolute Gasteiger partial charge is 0.332 e. The van der Waals surface area contributed by atoms with Gasteiger partial charge in [0.25, 0.3) is 5.91 Å². The fourth-order valence-electron chi connectivity index (χ4n) is 1.50. The molecule has 0 atom stereocenters. The van der Waals surface area contributed by atoms with Gasteiger partial charge in [0, 0.05) is 14.1 Å². The number of benzene rings is 1. The van der Waals surface area contributed by atoms with Gasteiger partial charge >= 0.3 is 6.03 Å². The van der Waals surface area contributed by atoms with E-state index in [1.54, 1.807) is 26.2 Å². The molecule has 0 aliphatic carbocycles. The lowest BCUT2D eigenvalue weighted by Gasteiger charge is -2.16. The summed E-state index contributed by atoms with van der Waals surface area (Å²) in [6.45, 7) is 2.14. The zero-order valence-electron chi connectivity index (χ0n) is 13.1. The van der Waals surface area contributed by atoms with Gasteiger partial charge in [-0.15, -0.1) is 0 Å². The lowest BCUT2D eigenvalue weighted by molar-refractivity contribution is -0.130. The van der Waals surface area contributed by atoms with Gasteiger partial charge in [0.15, 0.2) is 18.1 Å². The Balaban J connectivity index is 2.99. The van der Waals surface area contributed by atoms with Crippen molar-refractivity contribution in [1.29, 1.82) is 0 Å². The summed E-state index contributed by atoms with van der Waals surface area (Å²) in [4.78, 5) is 23.7. The first-order chi connectivity index (χ1) is 10.8. The van der Waals surface area contributed by atoms with E-state index in [0.29, 0.717) is 28.1 Å². The topological polar surface area (TPSA) is 106 Å². The fraction of sp³-hybridized carbons (Fsp3) is 0.357. The Labute approximate surface area is 142 Å². The molecule has 0 saturated carbocycles. The second-order valence-electron chi connectivity index (χ2n) is 4.57. The number of ether oxygens (including phenoxy) is 2. The summed E-state index contributed by atoms with van der Waals surface area (Å²) in [6.07, 6.45) is 1.41. The fourth-order valence-corrected chi connectivity index (χ4v) is 2.07. The number of primary amides is 1. The van der Waals surface area contributed by atoms with E-state index in [0.717, 1.165) is 0 Å². The molecule has 0 unspecified atom stereocenters. The average molecular weight is 387 g/mol. The van der Waals surface area contributed by atoms with Crippen molar-refractivity contribution < 1.29 is 19.1 Å². The lowest BCUT2D eigenvalue weighted by Crippen LogP contribution is -2.27. The van der Waals surface area contributed by atoms with Crippen molar-refractivity contribution in [3.05, 3.63) is 22.2 Å². The third kappa shape index (κ3) is 6.15. The van der Waals surface area contributed by atoms with Gasteiger partial charge < -0.3 is 20.1 Å². The van der Waals surface area contributed by atoms with Crippen LogP contribution in [0, 0.1) is 0 Å². The average Bonchev–Trinajstić information content (AvgIpc) is 2.45. The molecular formula is C14H19BrN4O4. The first-order valence-electron chi connectivity index (χ1n) is 6.73. The van der Waals surface area contributed by atoms with Gasteiger partial charge in [0.2, 0.25) is 0 Å². The Hall–Kier alpha value is -2.29. The molecule has 0 radical (unpaired) electrons. The number of nitrogens with two attached hydrogens (primary N) is 1. The second-order valence-corrected chi connectivity index (χ2v) is 5.43. The number of carbonyl (C=O) groups is 2. The van der Waals surface area contributed by atoms with Crippen LogP contribution < -0.4 is 20.6 Å². The first kappa shape index (κ1) is 18.8. The number of carbonyl (C=O) groups excluding carboxylic acids is 2. The van der Waals surface area contributed by atoms with Crippen LogP contribution in [0.2, 0.25) is 0 Å². The Morgan fingerprint density at radius 3 is 2.65 bits per heavy atom. The maximum Gasteiger partial charge on any atom is 0.332 e. The highest BCUT2D eigenvalue weighted by Gasteiger charge is 2.14. The third-order valence-corrected chi connectivity index (χ3v) is 3.15. The second kappa shape index (κ2) is 8.99. The number of rotatable bonds is 7. The normalized spacial score (nSPS) is 10.4. The van der Waals surface area contributed by atoms with Crippen LogP contribution in [0.1, 0.15) is 12.5 Å². The Morgan fingerprint density at radius 1 is 1.39 bits per heavy atom. The van der Waals surface area contributed by atoms with Crippen molar-refractivity contribution in [2.45, 2.75) is 6.92 Å². The van der Waals surface area contributed by atoms with Crippen molar-refractivity contribution in [3.8, 4) is 11.5 Å². The molecule has 0 fully saturated rings. The highest BCUT2D eigenvalue weighted by atomic mass is 79.9. The van der Waals surface area contributed by atoms with E-state index in [1.807, 2.05) is 6.92 Å². The molecule has 1 rings (SSSR count). The van der Waals surface area contributed by atoms with Crippen molar-refractivity contribution in [2.75, 3.05) is 27.3 Å². The molecule has 1 aromatic carbocycles. The number of hydrazone groups is 1. The van der Waals surface area contributed by atoms with E-state index in [2.05, 4.69) is 26.5 Å². The third-order valence-electron chi connectivity index (χ3n) is 2.56. The highest BCUT2D eigenvalue weighted by Crippen LogP contribution is 2.36. The number of halogens is 1. The van der Waals surface area contributed by atoms with Gasteiger partial charge in [-0.2, -0.15) is 5.10 Å².